The monoisotopic (exact) mass is 205 g/mol. The molecule has 3 heteroatoms. The molecule has 0 saturated carbocycles. The third kappa shape index (κ3) is 1.93. The van der Waals surface area contributed by atoms with Gasteiger partial charge in [0.15, 0.2) is 0 Å². The third-order valence-corrected chi connectivity index (χ3v) is 2.91. The van der Waals surface area contributed by atoms with Crippen molar-refractivity contribution in [1.29, 1.82) is 0 Å². The van der Waals surface area contributed by atoms with Crippen molar-refractivity contribution in [2.45, 2.75) is 13.3 Å². The molecule has 0 aromatic carbocycles. The number of allylic oxidation sites excluding steroid dienone is 1. The smallest absolute Gasteiger partial charge is 0.0727 e. The van der Waals surface area contributed by atoms with Crippen LogP contribution in [0.2, 0.25) is 0 Å². The predicted octanol–water partition coefficient (Wildman–Crippen LogP) is 3.05. The van der Waals surface area contributed by atoms with Crippen LogP contribution in [0.5, 0.6) is 0 Å². The standard InChI is InChI=1S/C11H13N2S/c1-2-4-11-8-14-9-13(11)10-5-3-6-12-7-10/h3-8H,2,9H2,1H3. The zero-order valence-corrected chi connectivity index (χ0v) is 9.00. The number of hydrogen-bond acceptors (Lipinski definition) is 3. The minimum atomic E-state index is 0.998. The highest BCUT2D eigenvalue weighted by Gasteiger charge is 2.16. The van der Waals surface area contributed by atoms with Gasteiger partial charge >= 0.3 is 0 Å². The fraction of sp³-hybridized carbons (Fsp3) is 0.273. The molecule has 0 amide bonds. The SMILES string of the molecule is CC[CH]C1=CSCN1c1cccnc1. The molecule has 0 N–H and O–H groups in total. The van der Waals surface area contributed by atoms with Crippen LogP contribution >= 0.6 is 11.8 Å². The van der Waals surface area contributed by atoms with Gasteiger partial charge in [-0.25, -0.2) is 0 Å². The van der Waals surface area contributed by atoms with E-state index in [1.54, 1.807) is 6.20 Å². The van der Waals surface area contributed by atoms with E-state index in [1.807, 2.05) is 24.0 Å². The van der Waals surface area contributed by atoms with Crippen LogP contribution in [0.3, 0.4) is 0 Å². The lowest BCUT2D eigenvalue weighted by molar-refractivity contribution is 1.01. The first kappa shape index (κ1) is 9.59. The second-order valence-corrected chi connectivity index (χ2v) is 3.92. The van der Waals surface area contributed by atoms with Crippen LogP contribution in [0.4, 0.5) is 5.69 Å². The summed E-state index contributed by atoms with van der Waals surface area (Å²) < 4.78 is 0. The number of pyridine rings is 1. The molecule has 2 rings (SSSR count). The molecule has 0 saturated heterocycles. The van der Waals surface area contributed by atoms with E-state index in [-0.39, 0.29) is 0 Å². The maximum absolute atomic E-state index is 4.13. The van der Waals surface area contributed by atoms with Gasteiger partial charge in [0.2, 0.25) is 0 Å². The van der Waals surface area contributed by atoms with Crippen molar-refractivity contribution in [3.05, 3.63) is 42.1 Å². The van der Waals surface area contributed by atoms with Crippen molar-refractivity contribution >= 4 is 17.4 Å². The Bertz CT molecular complexity index is 321. The number of thioether (sulfide) groups is 1. The largest absolute Gasteiger partial charge is 0.333 e. The minimum absolute atomic E-state index is 0.998. The molecule has 0 fully saturated rings. The van der Waals surface area contributed by atoms with E-state index >= 15 is 0 Å². The quantitative estimate of drug-likeness (QED) is 0.754. The first-order valence-electron chi connectivity index (χ1n) is 4.74. The van der Waals surface area contributed by atoms with Gasteiger partial charge in [-0.3, -0.25) is 4.98 Å². The second-order valence-electron chi connectivity index (χ2n) is 3.09. The molecule has 1 aromatic heterocycles. The van der Waals surface area contributed by atoms with E-state index in [9.17, 15) is 0 Å². The fourth-order valence-electron chi connectivity index (χ4n) is 1.44. The number of anilines is 1. The highest BCUT2D eigenvalue weighted by Crippen LogP contribution is 2.30. The molecule has 73 valence electrons. The van der Waals surface area contributed by atoms with Gasteiger partial charge in [-0.05, 0) is 24.0 Å². The first-order valence-corrected chi connectivity index (χ1v) is 5.79. The van der Waals surface area contributed by atoms with E-state index in [2.05, 4.69) is 34.7 Å². The molecular weight excluding hydrogens is 192 g/mol. The number of rotatable bonds is 3. The van der Waals surface area contributed by atoms with Crippen LogP contribution in [-0.2, 0) is 0 Å². The molecule has 0 aliphatic carbocycles. The summed E-state index contributed by atoms with van der Waals surface area (Å²) in [6, 6.07) is 4.07. The first-order chi connectivity index (χ1) is 6.92. The van der Waals surface area contributed by atoms with Crippen LogP contribution in [0.25, 0.3) is 0 Å². The molecule has 1 aliphatic heterocycles. The normalized spacial score (nSPS) is 15.8. The zero-order chi connectivity index (χ0) is 9.80. The fourth-order valence-corrected chi connectivity index (χ4v) is 2.36. The summed E-state index contributed by atoms with van der Waals surface area (Å²) >= 11 is 1.83. The average Bonchev–Trinajstić information content (AvgIpc) is 2.68. The Balaban J connectivity index is 2.16. The molecule has 14 heavy (non-hydrogen) atoms. The van der Waals surface area contributed by atoms with Gasteiger partial charge in [0.05, 0.1) is 17.8 Å². The lowest BCUT2D eigenvalue weighted by Gasteiger charge is -2.20. The Morgan fingerprint density at radius 2 is 2.57 bits per heavy atom. The molecule has 2 heterocycles. The minimum Gasteiger partial charge on any atom is -0.333 e. The Morgan fingerprint density at radius 1 is 1.64 bits per heavy atom. The third-order valence-electron chi connectivity index (χ3n) is 2.09. The Labute approximate surface area is 89.0 Å². The zero-order valence-electron chi connectivity index (χ0n) is 8.18. The lowest BCUT2D eigenvalue weighted by atomic mass is 10.2. The number of aromatic nitrogens is 1. The van der Waals surface area contributed by atoms with Crippen LogP contribution in [0, 0.1) is 6.42 Å². The summed E-state index contributed by atoms with van der Waals surface area (Å²) in [7, 11) is 0. The summed E-state index contributed by atoms with van der Waals surface area (Å²) in [4.78, 5) is 6.41. The van der Waals surface area contributed by atoms with Crippen molar-refractivity contribution in [2.75, 3.05) is 10.8 Å². The van der Waals surface area contributed by atoms with Gasteiger partial charge < -0.3 is 4.90 Å². The summed E-state index contributed by atoms with van der Waals surface area (Å²) in [6.07, 6.45) is 7.03. The number of nitrogens with zero attached hydrogens (tertiary/aromatic N) is 2. The highest BCUT2D eigenvalue weighted by molar-refractivity contribution is 8.02. The number of hydrogen-bond donors (Lipinski definition) is 0. The molecule has 1 radical (unpaired) electrons. The van der Waals surface area contributed by atoms with Crippen LogP contribution in [-0.4, -0.2) is 10.9 Å². The second kappa shape index (κ2) is 4.51. The summed E-state index contributed by atoms with van der Waals surface area (Å²) in [5.41, 5.74) is 2.47. The van der Waals surface area contributed by atoms with E-state index in [4.69, 9.17) is 0 Å². The molecule has 0 bridgehead atoms. The summed E-state index contributed by atoms with van der Waals surface area (Å²) in [6.45, 7) is 2.16. The van der Waals surface area contributed by atoms with Crippen LogP contribution in [0.15, 0.2) is 35.6 Å². The van der Waals surface area contributed by atoms with Gasteiger partial charge in [0.1, 0.15) is 0 Å². The maximum Gasteiger partial charge on any atom is 0.0727 e. The Hall–Kier alpha value is -0.960. The highest BCUT2D eigenvalue weighted by atomic mass is 32.2. The van der Waals surface area contributed by atoms with Gasteiger partial charge in [-0.2, -0.15) is 0 Å². The lowest BCUT2D eigenvalue weighted by Crippen LogP contribution is -2.17. The molecule has 2 nitrogen and oxygen atoms in total. The predicted molar refractivity (Wildman–Crippen MR) is 61.8 cm³/mol. The van der Waals surface area contributed by atoms with Crippen molar-refractivity contribution in [3.8, 4) is 0 Å². The van der Waals surface area contributed by atoms with Gasteiger partial charge in [0, 0.05) is 18.3 Å². The van der Waals surface area contributed by atoms with Gasteiger partial charge in [0.25, 0.3) is 0 Å². The van der Waals surface area contributed by atoms with Gasteiger partial charge in [-0.15, -0.1) is 11.8 Å². The van der Waals surface area contributed by atoms with Crippen LogP contribution < -0.4 is 4.90 Å². The molecule has 0 spiro atoms. The molecule has 0 atom stereocenters. The van der Waals surface area contributed by atoms with Gasteiger partial charge in [-0.1, -0.05) is 6.92 Å². The Kier molecular flexibility index (Phi) is 3.09. The molecular formula is C11H13N2S. The summed E-state index contributed by atoms with van der Waals surface area (Å²) in [5, 5.41) is 2.20. The molecule has 0 unspecified atom stereocenters. The van der Waals surface area contributed by atoms with E-state index in [0.717, 1.165) is 12.3 Å². The maximum atomic E-state index is 4.13. The van der Waals surface area contributed by atoms with Crippen molar-refractivity contribution in [3.63, 3.8) is 0 Å². The molecule has 1 aliphatic rings. The van der Waals surface area contributed by atoms with E-state index in [1.165, 1.54) is 11.4 Å². The molecule has 1 aromatic rings. The Morgan fingerprint density at radius 3 is 3.29 bits per heavy atom. The topological polar surface area (TPSA) is 16.1 Å². The van der Waals surface area contributed by atoms with Crippen molar-refractivity contribution in [1.82, 2.24) is 4.98 Å². The van der Waals surface area contributed by atoms with Crippen LogP contribution in [0.1, 0.15) is 13.3 Å². The average molecular weight is 205 g/mol. The van der Waals surface area contributed by atoms with E-state index < -0.39 is 0 Å². The van der Waals surface area contributed by atoms with Crippen molar-refractivity contribution in [2.24, 2.45) is 0 Å². The van der Waals surface area contributed by atoms with E-state index in [0.29, 0.717) is 0 Å². The summed E-state index contributed by atoms with van der Waals surface area (Å²) in [5.74, 6) is 0.998. The van der Waals surface area contributed by atoms with Crippen molar-refractivity contribution < 1.29 is 0 Å².